The zero-order valence-corrected chi connectivity index (χ0v) is 14.3. The van der Waals surface area contributed by atoms with Crippen molar-refractivity contribution in [3.8, 4) is 0 Å². The lowest BCUT2D eigenvalue weighted by molar-refractivity contribution is 0.101. The first-order valence-corrected chi connectivity index (χ1v) is 8.15. The highest BCUT2D eigenvalue weighted by atomic mass is 79.9. The lowest BCUT2D eigenvalue weighted by Gasteiger charge is -2.09. The van der Waals surface area contributed by atoms with Gasteiger partial charge >= 0.3 is 0 Å². The number of hydrogen-bond donors (Lipinski definition) is 1. The molecule has 0 bridgehead atoms. The van der Waals surface area contributed by atoms with E-state index in [1.807, 2.05) is 16.8 Å². The molecule has 1 heterocycles. The number of carbonyl (C=O) groups is 1. The molecule has 1 aliphatic carbocycles. The van der Waals surface area contributed by atoms with E-state index in [1.165, 1.54) is 0 Å². The monoisotopic (exact) mass is 416 g/mol. The van der Waals surface area contributed by atoms with Crippen molar-refractivity contribution in [3.05, 3.63) is 50.1 Å². The Morgan fingerprint density at radius 1 is 1.30 bits per heavy atom. The molecule has 0 saturated heterocycles. The standard InChI is InChI=1S/C14H11Br2ClN2O/c15-8-5-13(19(7-8)10-2-3-10)14(20)18-9-1-4-12(17)11(16)6-9/h1,4-7,10H,2-3H2,(H,18,20). The molecule has 0 aliphatic heterocycles. The second-order valence-electron chi connectivity index (χ2n) is 4.77. The van der Waals surface area contributed by atoms with Gasteiger partial charge in [0.2, 0.25) is 0 Å². The van der Waals surface area contributed by atoms with Gasteiger partial charge in [0.1, 0.15) is 5.69 Å². The van der Waals surface area contributed by atoms with E-state index in [0.717, 1.165) is 21.8 Å². The van der Waals surface area contributed by atoms with Gasteiger partial charge in [0.05, 0.1) is 5.02 Å². The molecule has 6 heteroatoms. The molecule has 3 rings (SSSR count). The third-order valence-corrected chi connectivity index (χ3v) is 4.81. The van der Waals surface area contributed by atoms with Crippen LogP contribution in [0.25, 0.3) is 0 Å². The summed E-state index contributed by atoms with van der Waals surface area (Å²) >= 11 is 12.7. The van der Waals surface area contributed by atoms with E-state index in [1.54, 1.807) is 18.2 Å². The Morgan fingerprint density at radius 2 is 2.05 bits per heavy atom. The van der Waals surface area contributed by atoms with Crippen molar-refractivity contribution >= 4 is 55.1 Å². The third kappa shape index (κ3) is 2.95. The lowest BCUT2D eigenvalue weighted by atomic mass is 10.3. The largest absolute Gasteiger partial charge is 0.339 e. The molecule has 3 nitrogen and oxygen atoms in total. The molecular weight excluding hydrogens is 407 g/mol. The van der Waals surface area contributed by atoms with Crippen molar-refractivity contribution in [2.24, 2.45) is 0 Å². The molecule has 0 unspecified atom stereocenters. The highest BCUT2D eigenvalue weighted by Gasteiger charge is 2.27. The maximum Gasteiger partial charge on any atom is 0.272 e. The molecule has 1 saturated carbocycles. The summed E-state index contributed by atoms with van der Waals surface area (Å²) in [7, 11) is 0. The van der Waals surface area contributed by atoms with Gasteiger partial charge in [-0.25, -0.2) is 0 Å². The zero-order chi connectivity index (χ0) is 14.3. The van der Waals surface area contributed by atoms with Crippen molar-refractivity contribution in [1.82, 2.24) is 4.57 Å². The quantitative estimate of drug-likeness (QED) is 0.725. The summed E-state index contributed by atoms with van der Waals surface area (Å²) in [5.41, 5.74) is 1.39. The highest BCUT2D eigenvalue weighted by molar-refractivity contribution is 9.10. The van der Waals surface area contributed by atoms with Crippen molar-refractivity contribution in [1.29, 1.82) is 0 Å². The number of nitrogens with zero attached hydrogens (tertiary/aromatic N) is 1. The van der Waals surface area contributed by atoms with Gasteiger partial charge in [0, 0.05) is 26.9 Å². The molecule has 1 fully saturated rings. The topological polar surface area (TPSA) is 34.0 Å². The summed E-state index contributed by atoms with van der Waals surface area (Å²) in [6, 6.07) is 7.62. The van der Waals surface area contributed by atoms with Crippen LogP contribution in [0, 0.1) is 0 Å². The molecule has 1 aliphatic rings. The fourth-order valence-electron chi connectivity index (χ4n) is 2.05. The number of amides is 1. The van der Waals surface area contributed by atoms with Gasteiger partial charge in [-0.05, 0) is 69.0 Å². The summed E-state index contributed by atoms with van der Waals surface area (Å²) in [5, 5.41) is 3.51. The van der Waals surface area contributed by atoms with Crippen molar-refractivity contribution in [2.75, 3.05) is 5.32 Å². The van der Waals surface area contributed by atoms with Crippen LogP contribution in [-0.2, 0) is 0 Å². The molecule has 20 heavy (non-hydrogen) atoms. The molecule has 1 amide bonds. The smallest absolute Gasteiger partial charge is 0.272 e. The number of hydrogen-bond acceptors (Lipinski definition) is 1. The first-order chi connectivity index (χ1) is 9.54. The lowest BCUT2D eigenvalue weighted by Crippen LogP contribution is -2.16. The Bertz CT molecular complexity index is 680. The summed E-state index contributed by atoms with van der Waals surface area (Å²) in [6.45, 7) is 0. The van der Waals surface area contributed by atoms with Gasteiger partial charge in [-0.3, -0.25) is 4.79 Å². The summed E-state index contributed by atoms with van der Waals surface area (Å²) in [5.74, 6) is -0.114. The van der Waals surface area contributed by atoms with Crippen molar-refractivity contribution in [3.63, 3.8) is 0 Å². The number of carbonyl (C=O) groups excluding carboxylic acids is 1. The average molecular weight is 419 g/mol. The Morgan fingerprint density at radius 3 is 2.70 bits per heavy atom. The maximum absolute atomic E-state index is 12.4. The van der Waals surface area contributed by atoms with E-state index in [0.29, 0.717) is 22.4 Å². The fourth-order valence-corrected chi connectivity index (χ4v) is 2.99. The van der Waals surface area contributed by atoms with Crippen LogP contribution in [0.4, 0.5) is 5.69 Å². The second-order valence-corrected chi connectivity index (χ2v) is 6.94. The molecule has 1 aromatic heterocycles. The average Bonchev–Trinajstić information content (AvgIpc) is 3.17. The molecule has 0 radical (unpaired) electrons. The number of halogens is 3. The fraction of sp³-hybridized carbons (Fsp3) is 0.214. The minimum atomic E-state index is -0.114. The van der Waals surface area contributed by atoms with E-state index in [9.17, 15) is 4.79 Å². The summed E-state index contributed by atoms with van der Waals surface area (Å²) in [4.78, 5) is 12.4. The molecule has 0 spiro atoms. The second kappa shape index (κ2) is 5.54. The van der Waals surface area contributed by atoms with E-state index in [4.69, 9.17) is 11.6 Å². The van der Waals surface area contributed by atoms with Gasteiger partial charge < -0.3 is 9.88 Å². The Hall–Kier alpha value is -0.780. The molecule has 0 atom stereocenters. The number of anilines is 1. The Labute approximate surface area is 138 Å². The first kappa shape index (κ1) is 14.2. The van der Waals surface area contributed by atoms with E-state index in [2.05, 4.69) is 37.2 Å². The molecule has 2 aromatic rings. The predicted molar refractivity (Wildman–Crippen MR) is 87.5 cm³/mol. The Balaban J connectivity index is 1.84. The van der Waals surface area contributed by atoms with Crippen molar-refractivity contribution < 1.29 is 4.79 Å². The SMILES string of the molecule is O=C(Nc1ccc(Cl)c(Br)c1)c1cc(Br)cn1C1CC1. The Kier molecular flexibility index (Phi) is 3.93. The van der Waals surface area contributed by atoms with E-state index in [-0.39, 0.29) is 5.91 Å². The molecular formula is C14H11Br2ClN2O. The van der Waals surface area contributed by atoms with Gasteiger partial charge in [0.15, 0.2) is 0 Å². The van der Waals surface area contributed by atoms with Gasteiger partial charge in [-0.15, -0.1) is 0 Å². The van der Waals surface area contributed by atoms with Crippen LogP contribution < -0.4 is 5.32 Å². The van der Waals surface area contributed by atoms with Crippen LogP contribution in [0.15, 0.2) is 39.4 Å². The zero-order valence-electron chi connectivity index (χ0n) is 10.4. The minimum Gasteiger partial charge on any atom is -0.339 e. The minimum absolute atomic E-state index is 0.114. The van der Waals surface area contributed by atoms with Gasteiger partial charge in [-0.1, -0.05) is 11.6 Å². The number of benzene rings is 1. The van der Waals surface area contributed by atoms with E-state index < -0.39 is 0 Å². The summed E-state index contributed by atoms with van der Waals surface area (Å²) in [6.07, 6.45) is 4.23. The van der Waals surface area contributed by atoms with Gasteiger partial charge in [-0.2, -0.15) is 0 Å². The van der Waals surface area contributed by atoms with Crippen molar-refractivity contribution in [2.45, 2.75) is 18.9 Å². The molecule has 1 aromatic carbocycles. The number of aromatic nitrogens is 1. The highest BCUT2D eigenvalue weighted by Crippen LogP contribution is 2.37. The first-order valence-electron chi connectivity index (χ1n) is 6.18. The van der Waals surface area contributed by atoms with Gasteiger partial charge in [0.25, 0.3) is 5.91 Å². The van der Waals surface area contributed by atoms with Crippen LogP contribution in [0.1, 0.15) is 29.4 Å². The van der Waals surface area contributed by atoms with Crippen LogP contribution in [-0.4, -0.2) is 10.5 Å². The summed E-state index contributed by atoms with van der Waals surface area (Å²) < 4.78 is 3.72. The molecule has 104 valence electrons. The van der Waals surface area contributed by atoms with Crippen LogP contribution in [0.2, 0.25) is 5.02 Å². The number of rotatable bonds is 3. The van der Waals surface area contributed by atoms with Crippen LogP contribution in [0.5, 0.6) is 0 Å². The maximum atomic E-state index is 12.4. The van der Waals surface area contributed by atoms with Crippen LogP contribution >= 0.6 is 43.5 Å². The third-order valence-electron chi connectivity index (χ3n) is 3.17. The number of nitrogens with one attached hydrogen (secondary N) is 1. The normalized spacial score (nSPS) is 14.3. The molecule has 1 N–H and O–H groups in total. The van der Waals surface area contributed by atoms with Crippen LogP contribution in [0.3, 0.4) is 0 Å². The van der Waals surface area contributed by atoms with E-state index >= 15 is 0 Å². The predicted octanol–water partition coefficient (Wildman–Crippen LogP) is 5.25.